The monoisotopic (exact) mass is 198 g/mol. The molecule has 1 N–H and O–H groups in total. The second-order valence-corrected chi connectivity index (χ2v) is 2.87. The molecule has 0 spiro atoms. The summed E-state index contributed by atoms with van der Waals surface area (Å²) in [6, 6.07) is 6.24. The molecule has 1 rings (SSSR count). The van der Waals surface area contributed by atoms with Crippen molar-refractivity contribution in [2.24, 2.45) is 0 Å². The fraction of sp³-hybridized carbons (Fsp3) is 0.300. The van der Waals surface area contributed by atoms with Crippen LogP contribution in [0.1, 0.15) is 18.7 Å². The van der Waals surface area contributed by atoms with E-state index in [1.807, 2.05) is 0 Å². The Morgan fingerprint density at radius 1 is 1.50 bits per heavy atom. The molecule has 14 heavy (non-hydrogen) atoms. The molecule has 0 aliphatic carbocycles. The Hall–Kier alpha value is -1.58. The molecule has 0 aromatic heterocycles. The van der Waals surface area contributed by atoms with Gasteiger partial charge in [0, 0.05) is 0 Å². The normalized spacial score (nSPS) is 12.1. The number of carboxylic acid groups (broad SMARTS) is 1. The van der Waals surface area contributed by atoms with Crippen LogP contribution < -0.4 is 4.74 Å². The first-order chi connectivity index (χ1) is 6.59. The van der Waals surface area contributed by atoms with Gasteiger partial charge in [-0.25, -0.2) is 9.18 Å². The van der Waals surface area contributed by atoms with Gasteiger partial charge in [-0.15, -0.1) is 0 Å². The highest BCUT2D eigenvalue weighted by atomic mass is 19.1. The largest absolute Gasteiger partial charge is 0.482 e. The third kappa shape index (κ3) is 3.05. The summed E-state index contributed by atoms with van der Waals surface area (Å²) in [5, 5.41) is 8.33. The molecule has 0 saturated carbocycles. The highest BCUT2D eigenvalue weighted by Gasteiger charge is 2.03. The van der Waals surface area contributed by atoms with Gasteiger partial charge in [0.2, 0.25) is 0 Å². The average molecular weight is 198 g/mol. The maximum atomic E-state index is 12.7. The van der Waals surface area contributed by atoms with Crippen molar-refractivity contribution >= 4 is 5.97 Å². The zero-order chi connectivity index (χ0) is 10.6. The predicted molar refractivity (Wildman–Crippen MR) is 49.1 cm³/mol. The molecular formula is C10H11FO3. The average Bonchev–Trinajstić information content (AvgIpc) is 2.15. The Morgan fingerprint density at radius 3 is 2.50 bits per heavy atom. The van der Waals surface area contributed by atoms with Crippen LogP contribution in [-0.4, -0.2) is 17.7 Å². The SMILES string of the molecule is CC(F)c1ccc(OCC(=O)O)cc1. The Balaban J connectivity index is 2.59. The van der Waals surface area contributed by atoms with Gasteiger partial charge in [0.1, 0.15) is 11.9 Å². The lowest BCUT2D eigenvalue weighted by molar-refractivity contribution is -0.139. The number of hydrogen-bond acceptors (Lipinski definition) is 2. The summed E-state index contributed by atoms with van der Waals surface area (Å²) in [6.07, 6.45) is -1.02. The van der Waals surface area contributed by atoms with Crippen LogP contribution in [0.4, 0.5) is 4.39 Å². The maximum Gasteiger partial charge on any atom is 0.341 e. The number of hydrogen-bond donors (Lipinski definition) is 1. The van der Waals surface area contributed by atoms with Gasteiger partial charge in [-0.2, -0.15) is 0 Å². The molecule has 0 bridgehead atoms. The first-order valence-corrected chi connectivity index (χ1v) is 4.18. The molecule has 4 heteroatoms. The van der Waals surface area contributed by atoms with E-state index in [0.29, 0.717) is 11.3 Å². The van der Waals surface area contributed by atoms with E-state index in [0.717, 1.165) is 0 Å². The zero-order valence-electron chi connectivity index (χ0n) is 7.74. The molecule has 76 valence electrons. The number of carboxylic acids is 1. The van der Waals surface area contributed by atoms with Crippen LogP contribution in [0, 0.1) is 0 Å². The van der Waals surface area contributed by atoms with Crippen LogP contribution in [0.15, 0.2) is 24.3 Å². The molecule has 1 atom stereocenters. The van der Waals surface area contributed by atoms with Crippen LogP contribution in [0.5, 0.6) is 5.75 Å². The van der Waals surface area contributed by atoms with Crippen LogP contribution in [0.25, 0.3) is 0 Å². The fourth-order valence-electron chi connectivity index (χ4n) is 0.974. The van der Waals surface area contributed by atoms with E-state index in [2.05, 4.69) is 0 Å². The number of alkyl halides is 1. The first kappa shape index (κ1) is 10.5. The molecule has 0 aliphatic heterocycles. The molecule has 0 amide bonds. The summed E-state index contributed by atoms with van der Waals surface area (Å²) in [7, 11) is 0. The molecule has 0 fully saturated rings. The van der Waals surface area contributed by atoms with Crippen molar-refractivity contribution in [1.82, 2.24) is 0 Å². The number of aliphatic carboxylic acids is 1. The zero-order valence-corrected chi connectivity index (χ0v) is 7.74. The number of halogens is 1. The Bertz CT molecular complexity index is 306. The van der Waals surface area contributed by atoms with Gasteiger partial charge >= 0.3 is 5.97 Å². The summed E-state index contributed by atoms with van der Waals surface area (Å²) in [6.45, 7) is 1.05. The lowest BCUT2D eigenvalue weighted by atomic mass is 10.1. The van der Waals surface area contributed by atoms with E-state index in [4.69, 9.17) is 9.84 Å². The second-order valence-electron chi connectivity index (χ2n) is 2.87. The van der Waals surface area contributed by atoms with E-state index in [1.54, 1.807) is 24.3 Å². The predicted octanol–water partition coefficient (Wildman–Crippen LogP) is 2.18. The van der Waals surface area contributed by atoms with E-state index >= 15 is 0 Å². The van der Waals surface area contributed by atoms with Crippen molar-refractivity contribution in [3.05, 3.63) is 29.8 Å². The van der Waals surface area contributed by atoms with Crippen molar-refractivity contribution in [2.75, 3.05) is 6.61 Å². The molecule has 1 aromatic rings. The maximum absolute atomic E-state index is 12.7. The van der Waals surface area contributed by atoms with Gasteiger partial charge in [0.05, 0.1) is 0 Å². The van der Waals surface area contributed by atoms with Gasteiger partial charge in [-0.3, -0.25) is 0 Å². The van der Waals surface area contributed by atoms with Crippen LogP contribution in [-0.2, 0) is 4.79 Å². The third-order valence-electron chi connectivity index (χ3n) is 1.70. The van der Waals surface area contributed by atoms with E-state index in [-0.39, 0.29) is 6.61 Å². The summed E-state index contributed by atoms with van der Waals surface area (Å²) < 4.78 is 17.6. The third-order valence-corrected chi connectivity index (χ3v) is 1.70. The highest BCUT2D eigenvalue weighted by molar-refractivity contribution is 5.68. The van der Waals surface area contributed by atoms with Crippen LogP contribution >= 0.6 is 0 Å². The molecule has 0 saturated heterocycles. The summed E-state index contributed by atoms with van der Waals surface area (Å²) in [4.78, 5) is 10.2. The smallest absolute Gasteiger partial charge is 0.341 e. The number of carbonyl (C=O) groups is 1. The minimum absolute atomic E-state index is 0.384. The molecule has 1 aromatic carbocycles. The molecule has 0 heterocycles. The Kier molecular flexibility index (Phi) is 3.45. The number of rotatable bonds is 4. The summed E-state index contributed by atoms with van der Waals surface area (Å²) in [5.74, 6) is -0.607. The van der Waals surface area contributed by atoms with Crippen molar-refractivity contribution in [1.29, 1.82) is 0 Å². The van der Waals surface area contributed by atoms with Gasteiger partial charge in [-0.05, 0) is 24.6 Å². The molecular weight excluding hydrogens is 187 g/mol. The highest BCUT2D eigenvalue weighted by Crippen LogP contribution is 2.19. The van der Waals surface area contributed by atoms with Crippen molar-refractivity contribution in [2.45, 2.75) is 13.1 Å². The first-order valence-electron chi connectivity index (χ1n) is 4.18. The Labute approximate surface area is 81.1 Å². The fourth-order valence-corrected chi connectivity index (χ4v) is 0.974. The lowest BCUT2D eigenvalue weighted by Gasteiger charge is -2.05. The van der Waals surface area contributed by atoms with Crippen molar-refractivity contribution < 1.29 is 19.0 Å². The summed E-state index contributed by atoms with van der Waals surface area (Å²) in [5.41, 5.74) is 0.549. The minimum Gasteiger partial charge on any atom is -0.482 e. The van der Waals surface area contributed by atoms with Crippen molar-refractivity contribution in [3.8, 4) is 5.75 Å². The minimum atomic E-state index is -1.03. The van der Waals surface area contributed by atoms with Crippen molar-refractivity contribution in [3.63, 3.8) is 0 Å². The Morgan fingerprint density at radius 2 is 2.07 bits per heavy atom. The number of ether oxygens (including phenoxy) is 1. The quantitative estimate of drug-likeness (QED) is 0.806. The van der Waals surface area contributed by atoms with Gasteiger partial charge in [-0.1, -0.05) is 12.1 Å². The topological polar surface area (TPSA) is 46.5 Å². The lowest BCUT2D eigenvalue weighted by Crippen LogP contribution is -2.09. The van der Waals surface area contributed by atoms with Gasteiger partial charge in [0.15, 0.2) is 6.61 Å². The molecule has 3 nitrogen and oxygen atoms in total. The summed E-state index contributed by atoms with van der Waals surface area (Å²) >= 11 is 0. The molecule has 0 aliphatic rings. The molecule has 0 radical (unpaired) electrons. The standard InChI is InChI=1S/C10H11FO3/c1-7(11)8-2-4-9(5-3-8)14-6-10(12)13/h2-5,7H,6H2,1H3,(H,12,13). The second kappa shape index (κ2) is 4.60. The van der Waals surface area contributed by atoms with E-state index in [1.165, 1.54) is 6.92 Å². The van der Waals surface area contributed by atoms with Crippen LogP contribution in [0.2, 0.25) is 0 Å². The van der Waals surface area contributed by atoms with E-state index < -0.39 is 12.1 Å². The van der Waals surface area contributed by atoms with E-state index in [9.17, 15) is 9.18 Å². The van der Waals surface area contributed by atoms with Gasteiger partial charge in [0.25, 0.3) is 0 Å². The number of benzene rings is 1. The van der Waals surface area contributed by atoms with Crippen LogP contribution in [0.3, 0.4) is 0 Å². The molecule has 1 unspecified atom stereocenters. The van der Waals surface area contributed by atoms with Gasteiger partial charge < -0.3 is 9.84 Å².